The van der Waals surface area contributed by atoms with E-state index in [4.69, 9.17) is 10.5 Å². The van der Waals surface area contributed by atoms with Gasteiger partial charge in [-0.05, 0) is 49.8 Å². The highest BCUT2D eigenvalue weighted by Crippen LogP contribution is 2.39. The van der Waals surface area contributed by atoms with Crippen molar-refractivity contribution in [2.45, 2.75) is 70.0 Å². The summed E-state index contributed by atoms with van der Waals surface area (Å²) in [6.07, 6.45) is 5.95. The fraction of sp³-hybridized carbons (Fsp3) is 0.636. The molecule has 29 heavy (non-hydrogen) atoms. The number of amides is 2. The molecule has 2 amide bonds. The smallest absolute Gasteiger partial charge is 0.226 e. The van der Waals surface area contributed by atoms with Crippen LogP contribution in [0, 0.1) is 5.92 Å². The average molecular weight is 424 g/mol. The molecule has 1 aliphatic heterocycles. The van der Waals surface area contributed by atoms with Crippen molar-refractivity contribution in [3.63, 3.8) is 0 Å². The number of hydrogen-bond acceptors (Lipinski definition) is 4. The molecule has 3 rings (SSSR count). The van der Waals surface area contributed by atoms with Crippen LogP contribution in [-0.2, 0) is 9.59 Å². The number of rotatable bonds is 7. The van der Waals surface area contributed by atoms with Gasteiger partial charge in [0.1, 0.15) is 5.75 Å². The molecule has 1 aliphatic carbocycles. The van der Waals surface area contributed by atoms with E-state index in [9.17, 15) is 9.59 Å². The van der Waals surface area contributed by atoms with Crippen molar-refractivity contribution in [1.29, 1.82) is 0 Å². The van der Waals surface area contributed by atoms with Gasteiger partial charge in [0.25, 0.3) is 0 Å². The van der Waals surface area contributed by atoms with Crippen LogP contribution in [0.4, 0.5) is 0 Å². The Balaban J connectivity index is 0.00000300. The van der Waals surface area contributed by atoms with Crippen molar-refractivity contribution >= 4 is 24.2 Å². The fourth-order valence-corrected chi connectivity index (χ4v) is 4.40. The first-order valence-electron chi connectivity index (χ1n) is 10.5. The molecule has 2 aliphatic rings. The summed E-state index contributed by atoms with van der Waals surface area (Å²) >= 11 is 0. The van der Waals surface area contributed by atoms with E-state index in [-0.39, 0.29) is 54.7 Å². The summed E-state index contributed by atoms with van der Waals surface area (Å²) < 4.78 is 5.26. The predicted octanol–water partition coefficient (Wildman–Crippen LogP) is 3.19. The van der Waals surface area contributed by atoms with Crippen molar-refractivity contribution in [2.75, 3.05) is 13.7 Å². The number of carbonyl (C=O) groups is 2. The number of nitrogens with zero attached hydrogens (tertiary/aromatic N) is 1. The van der Waals surface area contributed by atoms with Crippen LogP contribution in [0.1, 0.15) is 63.5 Å². The van der Waals surface area contributed by atoms with Crippen molar-refractivity contribution in [2.24, 2.45) is 11.7 Å². The van der Waals surface area contributed by atoms with E-state index < -0.39 is 0 Å². The lowest BCUT2D eigenvalue weighted by atomic mass is 9.89. The normalized spacial score (nSPS) is 26.7. The summed E-state index contributed by atoms with van der Waals surface area (Å²) in [5, 5.41) is 3.20. The molecular formula is C22H34ClN3O3. The van der Waals surface area contributed by atoms with E-state index >= 15 is 0 Å². The topological polar surface area (TPSA) is 84.7 Å². The highest BCUT2D eigenvalue weighted by molar-refractivity contribution is 5.90. The van der Waals surface area contributed by atoms with Crippen LogP contribution in [0.15, 0.2) is 24.3 Å². The van der Waals surface area contributed by atoms with Gasteiger partial charge in [-0.15, -0.1) is 12.4 Å². The van der Waals surface area contributed by atoms with E-state index in [0.29, 0.717) is 6.54 Å². The van der Waals surface area contributed by atoms with Crippen LogP contribution in [0.5, 0.6) is 5.75 Å². The van der Waals surface area contributed by atoms with Crippen LogP contribution in [-0.4, -0.2) is 42.5 Å². The second kappa shape index (κ2) is 10.8. The third kappa shape index (κ3) is 5.64. The summed E-state index contributed by atoms with van der Waals surface area (Å²) in [6.45, 7) is 2.80. The van der Waals surface area contributed by atoms with Crippen LogP contribution >= 0.6 is 12.4 Å². The minimum Gasteiger partial charge on any atom is -0.497 e. The standard InChI is InChI=1S/C22H33N3O3.ClH/c1-3-4-13-25-20(26)14-19(21(25)15-5-11-18(28-2)12-6-15)22(27)24-17-9-7-16(23)8-10-17;/h5-6,11-12,16-17,19,21H,3-4,7-10,13-14,23H2,1-2H3,(H,24,27);1H. The van der Waals surface area contributed by atoms with Crippen molar-refractivity contribution < 1.29 is 14.3 Å². The average Bonchev–Trinajstić information content (AvgIpc) is 3.04. The summed E-state index contributed by atoms with van der Waals surface area (Å²) in [4.78, 5) is 27.8. The largest absolute Gasteiger partial charge is 0.497 e. The zero-order chi connectivity index (χ0) is 20.1. The molecule has 0 aromatic heterocycles. The van der Waals surface area contributed by atoms with Crippen LogP contribution in [0.3, 0.4) is 0 Å². The number of benzene rings is 1. The van der Waals surface area contributed by atoms with E-state index in [2.05, 4.69) is 12.2 Å². The molecular weight excluding hydrogens is 390 g/mol. The molecule has 7 heteroatoms. The summed E-state index contributed by atoms with van der Waals surface area (Å²) in [7, 11) is 1.63. The number of nitrogens with one attached hydrogen (secondary N) is 1. The van der Waals surface area contributed by atoms with Crippen molar-refractivity contribution in [3.05, 3.63) is 29.8 Å². The first kappa shape index (κ1) is 23.5. The molecule has 2 fully saturated rings. The Morgan fingerprint density at radius 1 is 1.21 bits per heavy atom. The fourth-order valence-electron chi connectivity index (χ4n) is 4.40. The molecule has 1 saturated carbocycles. The Morgan fingerprint density at radius 3 is 2.45 bits per heavy atom. The number of nitrogens with two attached hydrogens (primary N) is 1. The summed E-state index contributed by atoms with van der Waals surface area (Å²) in [5.41, 5.74) is 6.97. The van der Waals surface area contributed by atoms with Gasteiger partial charge in [-0.2, -0.15) is 0 Å². The highest BCUT2D eigenvalue weighted by atomic mass is 35.5. The molecule has 3 N–H and O–H groups in total. The zero-order valence-corrected chi connectivity index (χ0v) is 18.2. The van der Waals surface area contributed by atoms with Gasteiger partial charge < -0.3 is 20.7 Å². The molecule has 2 unspecified atom stereocenters. The highest BCUT2D eigenvalue weighted by Gasteiger charge is 2.44. The van der Waals surface area contributed by atoms with Gasteiger partial charge in [0.2, 0.25) is 11.8 Å². The second-order valence-electron chi connectivity index (χ2n) is 8.09. The number of carbonyl (C=O) groups excluding carboxylic acids is 2. The summed E-state index contributed by atoms with van der Waals surface area (Å²) in [6, 6.07) is 7.94. The monoisotopic (exact) mass is 423 g/mol. The molecule has 162 valence electrons. The second-order valence-corrected chi connectivity index (χ2v) is 8.09. The van der Waals surface area contributed by atoms with Crippen LogP contribution in [0.2, 0.25) is 0 Å². The Kier molecular flexibility index (Phi) is 8.78. The summed E-state index contributed by atoms with van der Waals surface area (Å²) in [5.74, 6) is 0.481. The van der Waals surface area contributed by atoms with Crippen molar-refractivity contribution in [3.8, 4) is 5.75 Å². The zero-order valence-electron chi connectivity index (χ0n) is 17.4. The van der Waals surface area contributed by atoms with E-state index in [0.717, 1.165) is 49.8 Å². The Bertz CT molecular complexity index is 674. The third-order valence-electron chi connectivity index (χ3n) is 6.10. The van der Waals surface area contributed by atoms with Gasteiger partial charge in [-0.25, -0.2) is 0 Å². The third-order valence-corrected chi connectivity index (χ3v) is 6.10. The minimum absolute atomic E-state index is 0. The van der Waals surface area contributed by atoms with Gasteiger partial charge in [0, 0.05) is 25.0 Å². The molecule has 1 aromatic rings. The molecule has 0 spiro atoms. The number of unbranched alkanes of at least 4 members (excludes halogenated alkanes) is 1. The number of likely N-dealkylation sites (tertiary alicyclic amines) is 1. The van der Waals surface area contributed by atoms with Gasteiger partial charge in [-0.1, -0.05) is 25.5 Å². The maximum absolute atomic E-state index is 13.1. The number of methoxy groups -OCH3 is 1. The Labute approximate surface area is 179 Å². The predicted molar refractivity (Wildman–Crippen MR) is 116 cm³/mol. The van der Waals surface area contributed by atoms with Gasteiger partial charge in [-0.3, -0.25) is 9.59 Å². The lowest BCUT2D eigenvalue weighted by Crippen LogP contribution is -2.44. The lowest BCUT2D eigenvalue weighted by molar-refractivity contribution is -0.129. The number of hydrogen-bond donors (Lipinski definition) is 2. The molecule has 1 saturated heterocycles. The van der Waals surface area contributed by atoms with Gasteiger partial charge in [0.05, 0.1) is 19.1 Å². The number of halogens is 1. The SMILES string of the molecule is CCCCN1C(=O)CC(C(=O)NC2CCC(N)CC2)C1c1ccc(OC)cc1.Cl. The molecule has 1 aromatic carbocycles. The Morgan fingerprint density at radius 2 is 1.86 bits per heavy atom. The quantitative estimate of drug-likeness (QED) is 0.705. The van der Waals surface area contributed by atoms with Crippen LogP contribution in [0.25, 0.3) is 0 Å². The molecule has 2 atom stereocenters. The minimum atomic E-state index is -0.353. The molecule has 1 heterocycles. The van der Waals surface area contributed by atoms with E-state index in [1.807, 2.05) is 29.2 Å². The first-order valence-corrected chi connectivity index (χ1v) is 10.5. The van der Waals surface area contributed by atoms with Crippen molar-refractivity contribution in [1.82, 2.24) is 10.2 Å². The van der Waals surface area contributed by atoms with Gasteiger partial charge in [0.15, 0.2) is 0 Å². The molecule has 0 bridgehead atoms. The first-order chi connectivity index (χ1) is 13.5. The van der Waals surface area contributed by atoms with E-state index in [1.165, 1.54) is 0 Å². The number of ether oxygens (including phenoxy) is 1. The molecule has 0 radical (unpaired) electrons. The molecule has 6 nitrogen and oxygen atoms in total. The maximum Gasteiger partial charge on any atom is 0.226 e. The Hall–Kier alpha value is -1.79. The van der Waals surface area contributed by atoms with E-state index in [1.54, 1.807) is 7.11 Å². The van der Waals surface area contributed by atoms with Gasteiger partial charge >= 0.3 is 0 Å². The maximum atomic E-state index is 13.1. The lowest BCUT2D eigenvalue weighted by Gasteiger charge is -2.31. The van der Waals surface area contributed by atoms with Crippen LogP contribution < -0.4 is 15.8 Å².